The molecule has 0 spiro atoms. The third-order valence-electron chi connectivity index (χ3n) is 3.94. The molecule has 0 saturated carbocycles. The lowest BCUT2D eigenvalue weighted by molar-refractivity contribution is -0.148. The molecule has 0 radical (unpaired) electrons. The normalized spacial score (nSPS) is 18.8. The molecule has 30 heavy (non-hydrogen) atoms. The van der Waals surface area contributed by atoms with Crippen molar-refractivity contribution in [2.24, 2.45) is 5.92 Å². The number of hydrogen-bond acceptors (Lipinski definition) is 7. The van der Waals surface area contributed by atoms with Gasteiger partial charge in [-0.2, -0.15) is 0 Å². The third kappa shape index (κ3) is 20.5. The molecule has 2 aliphatic rings. The minimum atomic E-state index is -0.981. The van der Waals surface area contributed by atoms with Crippen LogP contribution in [0.4, 0.5) is 0 Å². The van der Waals surface area contributed by atoms with Crippen molar-refractivity contribution in [3.63, 3.8) is 0 Å². The summed E-state index contributed by atoms with van der Waals surface area (Å²) in [6, 6.07) is 0. The maximum atomic E-state index is 11.3. The third-order valence-corrected chi connectivity index (χ3v) is 3.94. The molecule has 2 rings (SSSR count). The topological polar surface area (TPSA) is 142 Å². The van der Waals surface area contributed by atoms with E-state index in [0.717, 1.165) is 51.6 Å². The fourth-order valence-corrected chi connectivity index (χ4v) is 2.13. The Balaban J connectivity index is 0. The highest BCUT2D eigenvalue weighted by molar-refractivity contribution is 5.84. The average Bonchev–Trinajstić information content (AvgIpc) is 2.94. The molecule has 0 aromatic carbocycles. The van der Waals surface area contributed by atoms with Crippen LogP contribution in [0, 0.1) is 5.92 Å². The highest BCUT2D eigenvalue weighted by Gasteiger charge is 2.24. The molecule has 2 heterocycles. The number of aliphatic hydroxyl groups excluding tert-OH is 1. The summed E-state index contributed by atoms with van der Waals surface area (Å²) in [6.45, 7) is 13.9. The van der Waals surface area contributed by atoms with E-state index in [1.807, 2.05) is 6.92 Å². The lowest BCUT2D eigenvalue weighted by Gasteiger charge is -2.15. The standard InChI is InChI=1S/C10H18O3.C4H9NO.C4H6O2.C3H4O2/c1-2-9(11)7-8-5-3-4-6-13-10(8)12;1-3-6-4-2-5-1;1-3(2)4(5)6;1-2-3(4)5/h8-9,11H,2-7H2,1H3;5H,1-4H2;1H2,2H3,(H,5,6);2H,1H2,(H,4,5). The second-order valence-electron chi connectivity index (χ2n) is 6.65. The number of rotatable bonds is 5. The molecule has 9 heteroatoms. The van der Waals surface area contributed by atoms with Gasteiger partial charge in [-0.15, -0.1) is 0 Å². The van der Waals surface area contributed by atoms with Crippen molar-refractivity contribution in [3.8, 4) is 0 Å². The molecule has 0 bridgehead atoms. The highest BCUT2D eigenvalue weighted by atomic mass is 16.5. The number of aliphatic carboxylic acids is 2. The van der Waals surface area contributed by atoms with Crippen molar-refractivity contribution in [1.29, 1.82) is 0 Å². The van der Waals surface area contributed by atoms with Crippen LogP contribution in [-0.4, -0.2) is 72.2 Å². The Bertz CT molecular complexity index is 494. The van der Waals surface area contributed by atoms with Gasteiger partial charge in [0.15, 0.2) is 0 Å². The minimum Gasteiger partial charge on any atom is -0.478 e. The van der Waals surface area contributed by atoms with E-state index in [2.05, 4.69) is 18.5 Å². The monoisotopic (exact) mass is 431 g/mol. The number of cyclic esters (lactones) is 1. The number of aliphatic hydroxyl groups is 1. The predicted molar refractivity (Wildman–Crippen MR) is 113 cm³/mol. The molecule has 9 nitrogen and oxygen atoms in total. The molecule has 2 fully saturated rings. The molecule has 4 N–H and O–H groups in total. The number of carboxylic acid groups (broad SMARTS) is 2. The predicted octanol–water partition coefficient (Wildman–Crippen LogP) is 2.00. The highest BCUT2D eigenvalue weighted by Crippen LogP contribution is 2.21. The molecule has 2 aliphatic heterocycles. The van der Waals surface area contributed by atoms with Gasteiger partial charge in [-0.05, 0) is 39.0 Å². The Labute approximate surface area is 178 Å². The summed E-state index contributed by atoms with van der Waals surface area (Å²) in [7, 11) is 0. The number of morpholine rings is 1. The number of carboxylic acids is 2. The van der Waals surface area contributed by atoms with Gasteiger partial charge in [-0.1, -0.05) is 20.1 Å². The van der Waals surface area contributed by atoms with Gasteiger partial charge in [0.05, 0.1) is 31.8 Å². The molecule has 0 aromatic heterocycles. The fraction of sp³-hybridized carbons (Fsp3) is 0.667. The first-order valence-electron chi connectivity index (χ1n) is 10.0. The molecule has 0 aliphatic carbocycles. The zero-order chi connectivity index (χ0) is 23.4. The smallest absolute Gasteiger partial charge is 0.330 e. The average molecular weight is 432 g/mol. The lowest BCUT2D eigenvalue weighted by atomic mass is 9.95. The second kappa shape index (κ2) is 20.1. The first kappa shape index (κ1) is 30.0. The lowest BCUT2D eigenvalue weighted by Crippen LogP contribution is -2.30. The second-order valence-corrected chi connectivity index (χ2v) is 6.65. The van der Waals surface area contributed by atoms with Gasteiger partial charge >= 0.3 is 17.9 Å². The molecular formula is C21H37NO8. The van der Waals surface area contributed by atoms with Gasteiger partial charge in [-0.25, -0.2) is 9.59 Å². The van der Waals surface area contributed by atoms with Gasteiger partial charge in [0.2, 0.25) is 0 Å². The van der Waals surface area contributed by atoms with Crippen LogP contribution in [0.3, 0.4) is 0 Å². The van der Waals surface area contributed by atoms with Crippen LogP contribution in [0.15, 0.2) is 24.8 Å². The number of ether oxygens (including phenoxy) is 2. The molecule has 2 unspecified atom stereocenters. The Kier molecular flexibility index (Phi) is 20.0. The Hall–Kier alpha value is -2.23. The molecule has 2 saturated heterocycles. The van der Waals surface area contributed by atoms with Gasteiger partial charge < -0.3 is 30.1 Å². The van der Waals surface area contributed by atoms with Crippen molar-refractivity contribution in [3.05, 3.63) is 24.8 Å². The SMILES string of the molecule is C1COCCN1.C=C(C)C(=O)O.C=CC(=O)O.CCC(O)CC1CCCCOC1=O. The van der Waals surface area contributed by atoms with E-state index in [4.69, 9.17) is 19.7 Å². The Morgan fingerprint density at radius 3 is 2.10 bits per heavy atom. The van der Waals surface area contributed by atoms with E-state index in [-0.39, 0.29) is 23.6 Å². The minimum absolute atomic E-state index is 0.0718. The Morgan fingerprint density at radius 2 is 1.77 bits per heavy atom. The first-order chi connectivity index (χ1) is 14.1. The summed E-state index contributed by atoms with van der Waals surface area (Å²) >= 11 is 0. The van der Waals surface area contributed by atoms with Gasteiger partial charge in [0.1, 0.15) is 0 Å². The largest absolute Gasteiger partial charge is 0.478 e. The zero-order valence-corrected chi connectivity index (χ0v) is 18.1. The van der Waals surface area contributed by atoms with Crippen molar-refractivity contribution >= 4 is 17.9 Å². The maximum Gasteiger partial charge on any atom is 0.330 e. The van der Waals surface area contributed by atoms with Crippen LogP contribution >= 0.6 is 0 Å². The van der Waals surface area contributed by atoms with Crippen LogP contribution in [0.5, 0.6) is 0 Å². The summed E-state index contributed by atoms with van der Waals surface area (Å²) in [6.07, 6.45) is 4.63. The van der Waals surface area contributed by atoms with Crippen LogP contribution < -0.4 is 5.32 Å². The van der Waals surface area contributed by atoms with Crippen LogP contribution in [-0.2, 0) is 23.9 Å². The number of carbonyl (C=O) groups excluding carboxylic acids is 1. The summed E-state index contributed by atoms with van der Waals surface area (Å²) in [5.41, 5.74) is 0.176. The van der Waals surface area contributed by atoms with Gasteiger partial charge in [-0.3, -0.25) is 4.79 Å². The van der Waals surface area contributed by atoms with E-state index in [9.17, 15) is 19.5 Å². The van der Waals surface area contributed by atoms with Crippen molar-refractivity contribution in [1.82, 2.24) is 5.32 Å². The first-order valence-corrected chi connectivity index (χ1v) is 10.0. The molecule has 0 amide bonds. The number of nitrogens with one attached hydrogen (secondary N) is 1. The zero-order valence-electron chi connectivity index (χ0n) is 18.1. The fourth-order valence-electron chi connectivity index (χ4n) is 2.13. The summed E-state index contributed by atoms with van der Waals surface area (Å²) in [5.74, 6) is -2.11. The molecular weight excluding hydrogens is 394 g/mol. The molecule has 174 valence electrons. The van der Waals surface area contributed by atoms with E-state index >= 15 is 0 Å². The van der Waals surface area contributed by atoms with Crippen LogP contribution in [0.1, 0.15) is 46.0 Å². The van der Waals surface area contributed by atoms with Gasteiger partial charge in [0.25, 0.3) is 0 Å². The van der Waals surface area contributed by atoms with E-state index < -0.39 is 11.9 Å². The van der Waals surface area contributed by atoms with Crippen molar-refractivity contribution in [2.75, 3.05) is 32.9 Å². The summed E-state index contributed by atoms with van der Waals surface area (Å²) in [4.78, 5) is 30.2. The van der Waals surface area contributed by atoms with E-state index in [0.29, 0.717) is 19.4 Å². The van der Waals surface area contributed by atoms with Crippen LogP contribution in [0.2, 0.25) is 0 Å². The quantitative estimate of drug-likeness (QED) is 0.380. The molecule has 2 atom stereocenters. The van der Waals surface area contributed by atoms with Crippen molar-refractivity contribution in [2.45, 2.75) is 52.1 Å². The summed E-state index contributed by atoms with van der Waals surface area (Å²) < 4.78 is 10.0. The number of hydrogen-bond donors (Lipinski definition) is 4. The Morgan fingerprint density at radius 1 is 1.23 bits per heavy atom. The van der Waals surface area contributed by atoms with E-state index in [1.54, 1.807) is 0 Å². The van der Waals surface area contributed by atoms with Gasteiger partial charge in [0, 0.05) is 24.7 Å². The number of carbonyl (C=O) groups is 3. The molecule has 0 aromatic rings. The number of esters is 1. The van der Waals surface area contributed by atoms with E-state index in [1.165, 1.54) is 6.92 Å². The maximum absolute atomic E-state index is 11.3. The summed E-state index contributed by atoms with van der Waals surface area (Å²) in [5, 5.41) is 28.1. The van der Waals surface area contributed by atoms with Crippen LogP contribution in [0.25, 0.3) is 0 Å². The van der Waals surface area contributed by atoms with Crippen molar-refractivity contribution < 1.29 is 39.2 Å².